The van der Waals surface area contributed by atoms with Gasteiger partial charge in [-0.25, -0.2) is 4.68 Å². The molecular weight excluding hydrogens is 374 g/mol. The average molecular weight is 397 g/mol. The van der Waals surface area contributed by atoms with Gasteiger partial charge in [-0.1, -0.05) is 66.7 Å². The first kappa shape index (κ1) is 19.6. The van der Waals surface area contributed by atoms with E-state index >= 15 is 0 Å². The van der Waals surface area contributed by atoms with Crippen LogP contribution in [0.15, 0.2) is 89.7 Å². The van der Waals surface area contributed by atoms with Gasteiger partial charge < -0.3 is 5.32 Å². The quantitative estimate of drug-likeness (QED) is 0.482. The van der Waals surface area contributed by atoms with Gasteiger partial charge in [0, 0.05) is 18.2 Å². The molecule has 5 nitrogen and oxygen atoms in total. The average Bonchev–Trinajstić information content (AvgIpc) is 2.78. The van der Waals surface area contributed by atoms with Crippen molar-refractivity contribution < 1.29 is 4.79 Å². The summed E-state index contributed by atoms with van der Waals surface area (Å²) in [5.41, 5.74) is 2.52. The Morgan fingerprint density at radius 3 is 2.47 bits per heavy atom. The van der Waals surface area contributed by atoms with Crippen LogP contribution in [-0.2, 0) is 17.8 Å². The van der Waals surface area contributed by atoms with Crippen molar-refractivity contribution in [3.8, 4) is 11.3 Å². The number of benzene rings is 3. The Hall–Kier alpha value is -3.73. The highest BCUT2D eigenvalue weighted by Gasteiger charge is 2.08. The summed E-state index contributed by atoms with van der Waals surface area (Å²) in [6.07, 6.45) is 1.74. The standard InChI is InChI=1S/C25H23N3O2/c29-24(26-16-6-9-19-7-2-1-3-8-19)18-28-25(30)15-14-23(27-28)22-13-12-20-10-4-5-11-21(20)17-22/h1-5,7-8,10-15,17H,6,9,16,18H2,(H,26,29). The summed E-state index contributed by atoms with van der Waals surface area (Å²) in [6, 6.07) is 27.4. The van der Waals surface area contributed by atoms with Crippen molar-refractivity contribution in [3.63, 3.8) is 0 Å². The van der Waals surface area contributed by atoms with Gasteiger partial charge in [-0.2, -0.15) is 5.10 Å². The molecule has 0 saturated carbocycles. The molecular formula is C25H23N3O2. The third kappa shape index (κ3) is 4.81. The zero-order chi connectivity index (χ0) is 20.8. The Balaban J connectivity index is 1.40. The third-order valence-corrected chi connectivity index (χ3v) is 5.01. The van der Waals surface area contributed by atoms with E-state index in [1.807, 2.05) is 54.6 Å². The minimum atomic E-state index is -0.293. The molecule has 0 aliphatic rings. The van der Waals surface area contributed by atoms with Gasteiger partial charge in [-0.05, 0) is 41.3 Å². The number of carbonyl (C=O) groups excluding carboxylic acids is 1. The molecule has 150 valence electrons. The van der Waals surface area contributed by atoms with Gasteiger partial charge in [0.1, 0.15) is 6.54 Å². The van der Waals surface area contributed by atoms with Crippen molar-refractivity contribution in [3.05, 3.63) is 101 Å². The smallest absolute Gasteiger partial charge is 0.267 e. The van der Waals surface area contributed by atoms with Crippen molar-refractivity contribution in [1.82, 2.24) is 15.1 Å². The molecule has 0 unspecified atom stereocenters. The molecule has 1 N–H and O–H groups in total. The van der Waals surface area contributed by atoms with E-state index in [1.54, 1.807) is 6.07 Å². The SMILES string of the molecule is O=C(Cn1nc(-c2ccc3ccccc3c2)ccc1=O)NCCCc1ccccc1. The molecule has 4 aromatic rings. The van der Waals surface area contributed by atoms with Gasteiger partial charge in [0.2, 0.25) is 5.91 Å². The third-order valence-electron chi connectivity index (χ3n) is 5.01. The van der Waals surface area contributed by atoms with Crippen LogP contribution in [-0.4, -0.2) is 22.2 Å². The van der Waals surface area contributed by atoms with Crippen LogP contribution in [0.1, 0.15) is 12.0 Å². The van der Waals surface area contributed by atoms with Gasteiger partial charge in [0.25, 0.3) is 5.56 Å². The van der Waals surface area contributed by atoms with Crippen LogP contribution < -0.4 is 10.9 Å². The first-order valence-corrected chi connectivity index (χ1v) is 10.1. The number of aryl methyl sites for hydroxylation is 1. The van der Waals surface area contributed by atoms with E-state index in [4.69, 9.17) is 0 Å². The van der Waals surface area contributed by atoms with E-state index in [1.165, 1.54) is 16.3 Å². The van der Waals surface area contributed by atoms with Crippen LogP contribution in [0, 0.1) is 0 Å². The monoisotopic (exact) mass is 397 g/mol. The number of hydrogen-bond acceptors (Lipinski definition) is 3. The van der Waals surface area contributed by atoms with Crippen molar-refractivity contribution in [2.75, 3.05) is 6.54 Å². The molecule has 4 rings (SSSR count). The van der Waals surface area contributed by atoms with Gasteiger partial charge in [-0.3, -0.25) is 9.59 Å². The molecule has 1 aromatic heterocycles. The Labute approximate surface area is 175 Å². The molecule has 0 spiro atoms. The normalized spacial score (nSPS) is 10.8. The first-order chi connectivity index (χ1) is 14.7. The highest BCUT2D eigenvalue weighted by Crippen LogP contribution is 2.22. The lowest BCUT2D eigenvalue weighted by molar-refractivity contribution is -0.121. The van der Waals surface area contributed by atoms with Crippen molar-refractivity contribution in [2.24, 2.45) is 0 Å². The summed E-state index contributed by atoms with van der Waals surface area (Å²) in [5.74, 6) is -0.215. The molecule has 0 saturated heterocycles. The fourth-order valence-electron chi connectivity index (χ4n) is 3.42. The maximum atomic E-state index is 12.3. The molecule has 1 heterocycles. The van der Waals surface area contributed by atoms with Crippen molar-refractivity contribution in [2.45, 2.75) is 19.4 Å². The fraction of sp³-hybridized carbons (Fsp3) is 0.160. The van der Waals surface area contributed by atoms with E-state index in [9.17, 15) is 9.59 Å². The Kier molecular flexibility index (Phi) is 5.99. The van der Waals surface area contributed by atoms with Gasteiger partial charge >= 0.3 is 0 Å². The Morgan fingerprint density at radius 2 is 1.63 bits per heavy atom. The fourth-order valence-corrected chi connectivity index (χ4v) is 3.42. The zero-order valence-electron chi connectivity index (χ0n) is 16.6. The second kappa shape index (κ2) is 9.18. The minimum absolute atomic E-state index is 0.0917. The largest absolute Gasteiger partial charge is 0.354 e. The van der Waals surface area contributed by atoms with Crippen LogP contribution in [0.5, 0.6) is 0 Å². The van der Waals surface area contributed by atoms with Crippen LogP contribution >= 0.6 is 0 Å². The van der Waals surface area contributed by atoms with E-state index in [-0.39, 0.29) is 18.0 Å². The van der Waals surface area contributed by atoms with Gasteiger partial charge in [0.05, 0.1) is 5.69 Å². The van der Waals surface area contributed by atoms with E-state index < -0.39 is 0 Å². The lowest BCUT2D eigenvalue weighted by Crippen LogP contribution is -2.34. The summed E-state index contributed by atoms with van der Waals surface area (Å²) >= 11 is 0. The molecule has 0 bridgehead atoms. The highest BCUT2D eigenvalue weighted by atomic mass is 16.2. The predicted octanol–water partition coefficient (Wildman–Crippen LogP) is 3.81. The molecule has 30 heavy (non-hydrogen) atoms. The molecule has 1 amide bonds. The molecule has 0 radical (unpaired) electrons. The molecule has 0 aliphatic carbocycles. The zero-order valence-corrected chi connectivity index (χ0v) is 16.6. The highest BCUT2D eigenvalue weighted by molar-refractivity contribution is 5.86. The minimum Gasteiger partial charge on any atom is -0.354 e. The van der Waals surface area contributed by atoms with Crippen LogP contribution in [0.25, 0.3) is 22.0 Å². The van der Waals surface area contributed by atoms with Crippen LogP contribution in [0.4, 0.5) is 0 Å². The second-order valence-corrected chi connectivity index (χ2v) is 7.22. The molecule has 0 atom stereocenters. The Morgan fingerprint density at radius 1 is 0.867 bits per heavy atom. The number of hydrogen-bond donors (Lipinski definition) is 1. The number of carbonyl (C=O) groups is 1. The van der Waals surface area contributed by atoms with E-state index in [2.05, 4.69) is 28.6 Å². The lowest BCUT2D eigenvalue weighted by atomic mass is 10.1. The molecule has 0 fully saturated rings. The topological polar surface area (TPSA) is 64.0 Å². The second-order valence-electron chi connectivity index (χ2n) is 7.22. The number of rotatable bonds is 7. The summed E-state index contributed by atoms with van der Waals surface area (Å²) in [5, 5.41) is 9.53. The summed E-state index contributed by atoms with van der Waals surface area (Å²) in [7, 11) is 0. The lowest BCUT2D eigenvalue weighted by Gasteiger charge is -2.09. The van der Waals surface area contributed by atoms with Crippen LogP contribution in [0.3, 0.4) is 0 Å². The number of aromatic nitrogens is 2. The maximum Gasteiger partial charge on any atom is 0.267 e. The number of nitrogens with zero attached hydrogens (tertiary/aromatic N) is 2. The van der Waals surface area contributed by atoms with Gasteiger partial charge in [-0.15, -0.1) is 0 Å². The Bertz CT molecular complexity index is 1220. The maximum absolute atomic E-state index is 12.3. The first-order valence-electron chi connectivity index (χ1n) is 10.1. The van der Waals surface area contributed by atoms with E-state index in [0.717, 1.165) is 29.2 Å². The molecule has 3 aromatic carbocycles. The van der Waals surface area contributed by atoms with Crippen LogP contribution in [0.2, 0.25) is 0 Å². The number of nitrogens with one attached hydrogen (secondary N) is 1. The summed E-state index contributed by atoms with van der Waals surface area (Å²) in [4.78, 5) is 24.5. The van der Waals surface area contributed by atoms with Crippen molar-refractivity contribution >= 4 is 16.7 Å². The van der Waals surface area contributed by atoms with Crippen molar-refractivity contribution in [1.29, 1.82) is 0 Å². The summed E-state index contributed by atoms with van der Waals surface area (Å²) in [6.45, 7) is 0.471. The van der Waals surface area contributed by atoms with Gasteiger partial charge in [0.15, 0.2) is 0 Å². The molecule has 0 aliphatic heterocycles. The van der Waals surface area contributed by atoms with E-state index in [0.29, 0.717) is 12.2 Å². The predicted molar refractivity (Wildman–Crippen MR) is 119 cm³/mol. The number of fused-ring (bicyclic) bond motifs is 1. The molecule has 5 heteroatoms. The summed E-state index contributed by atoms with van der Waals surface area (Å²) < 4.78 is 1.22. The number of amides is 1.